The number of carbonyl (C=O) groups excluding carboxylic acids is 1. The summed E-state index contributed by atoms with van der Waals surface area (Å²) in [5, 5.41) is 8.89. The molecule has 0 aliphatic carbocycles. The Morgan fingerprint density at radius 1 is 1.00 bits per heavy atom. The molecule has 0 amide bonds. The Morgan fingerprint density at radius 3 is 2.10 bits per heavy atom. The fraction of sp³-hybridized carbons (Fsp3) is 0. The Kier molecular flexibility index (Phi) is 4.88. The third-order valence-electron chi connectivity index (χ3n) is 2.44. The Bertz CT molecular complexity index is 662. The average Bonchev–Trinajstić information content (AvgIpc) is 2.41. The van der Waals surface area contributed by atoms with Crippen LogP contribution in [0.25, 0.3) is 0 Å². The maximum atomic E-state index is 13.6. The minimum Gasteiger partial charge on any atom is -0.478 e. The molecule has 1 N–H and O–H groups in total. The minimum atomic E-state index is -1.71. The molecule has 1 aromatic heterocycles. The number of pyridine rings is 1. The molecule has 20 heavy (non-hydrogen) atoms. The van der Waals surface area contributed by atoms with Crippen LogP contribution in [0.5, 0.6) is 0 Å². The topological polar surface area (TPSA) is 67.3 Å². The number of carbonyl (C=O) groups is 2. The summed E-state index contributed by atoms with van der Waals surface area (Å²) >= 11 is 0. The first-order valence-electron chi connectivity index (χ1n) is 5.19. The molecule has 1 heterocycles. The van der Waals surface area contributed by atoms with Crippen LogP contribution < -0.4 is 0 Å². The van der Waals surface area contributed by atoms with Gasteiger partial charge in [0, 0.05) is 6.20 Å². The molecule has 0 radical (unpaired) electrons. The van der Waals surface area contributed by atoms with Crippen molar-refractivity contribution in [1.82, 2.24) is 4.98 Å². The number of carboxylic acid groups (broad SMARTS) is 1. The van der Waals surface area contributed by atoms with Gasteiger partial charge in [-0.2, -0.15) is 0 Å². The van der Waals surface area contributed by atoms with Crippen molar-refractivity contribution < 1.29 is 23.5 Å². The van der Waals surface area contributed by atoms with Gasteiger partial charge in [-0.25, -0.2) is 13.6 Å². The van der Waals surface area contributed by atoms with Gasteiger partial charge < -0.3 is 5.11 Å². The van der Waals surface area contributed by atoms with Gasteiger partial charge in [-0.1, -0.05) is 6.07 Å². The van der Waals surface area contributed by atoms with Gasteiger partial charge in [0.15, 0.2) is 0 Å². The van der Waals surface area contributed by atoms with Gasteiger partial charge in [-0.15, -0.1) is 12.4 Å². The molecule has 0 aliphatic heterocycles. The molecule has 0 saturated carbocycles. The molecule has 104 valence electrons. The molecular weight excluding hydrogens is 292 g/mol. The van der Waals surface area contributed by atoms with Gasteiger partial charge in [0.25, 0.3) is 0 Å². The predicted molar refractivity (Wildman–Crippen MR) is 68.2 cm³/mol. The van der Waals surface area contributed by atoms with Crippen molar-refractivity contribution in [2.45, 2.75) is 0 Å². The number of benzene rings is 1. The second-order valence-electron chi connectivity index (χ2n) is 3.63. The van der Waals surface area contributed by atoms with Crippen molar-refractivity contribution in [3.63, 3.8) is 0 Å². The van der Waals surface area contributed by atoms with Gasteiger partial charge in [0.2, 0.25) is 5.78 Å². The summed E-state index contributed by atoms with van der Waals surface area (Å²) in [6, 6.07) is 5.68. The second kappa shape index (κ2) is 6.21. The Morgan fingerprint density at radius 2 is 1.60 bits per heavy atom. The van der Waals surface area contributed by atoms with E-state index in [-0.39, 0.29) is 18.1 Å². The zero-order valence-corrected chi connectivity index (χ0v) is 10.7. The zero-order chi connectivity index (χ0) is 14.0. The third kappa shape index (κ3) is 2.80. The highest BCUT2D eigenvalue weighted by Gasteiger charge is 2.26. The van der Waals surface area contributed by atoms with Crippen LogP contribution in [0.15, 0.2) is 36.5 Å². The van der Waals surface area contributed by atoms with E-state index in [2.05, 4.69) is 4.98 Å². The van der Waals surface area contributed by atoms with Crippen LogP contribution in [-0.2, 0) is 0 Å². The lowest BCUT2D eigenvalue weighted by atomic mass is 10.00. The average molecular weight is 300 g/mol. The predicted octanol–water partition coefficient (Wildman–Crippen LogP) is 2.71. The maximum absolute atomic E-state index is 13.6. The van der Waals surface area contributed by atoms with E-state index in [0.717, 1.165) is 0 Å². The molecule has 0 aliphatic rings. The lowest BCUT2D eigenvalue weighted by molar-refractivity contribution is 0.0686. The highest BCUT2D eigenvalue weighted by atomic mass is 35.5. The Labute approximate surface area is 118 Å². The summed E-state index contributed by atoms with van der Waals surface area (Å²) < 4.78 is 27.1. The fourth-order valence-electron chi connectivity index (χ4n) is 1.61. The van der Waals surface area contributed by atoms with Crippen molar-refractivity contribution in [3.05, 3.63) is 65.0 Å². The van der Waals surface area contributed by atoms with Crippen LogP contribution >= 0.6 is 12.4 Å². The number of rotatable bonds is 3. The summed E-state index contributed by atoms with van der Waals surface area (Å²) in [6.07, 6.45) is 1.30. The van der Waals surface area contributed by atoms with Gasteiger partial charge in [-0.3, -0.25) is 9.78 Å². The standard InChI is InChI=1S/C13H7F2NO3.ClH/c14-7-4-5-8(15)11(13(18)19)10(7)12(17)9-3-1-2-6-16-9;/h1-6H,(H,18,19);1H. The Hall–Kier alpha value is -2.34. The van der Waals surface area contributed by atoms with Crippen LogP contribution in [0.1, 0.15) is 26.4 Å². The summed E-state index contributed by atoms with van der Waals surface area (Å²) in [5.74, 6) is -4.96. The van der Waals surface area contributed by atoms with E-state index in [0.29, 0.717) is 12.1 Å². The molecule has 0 fully saturated rings. The molecule has 1 aromatic carbocycles. The quantitative estimate of drug-likeness (QED) is 0.885. The summed E-state index contributed by atoms with van der Waals surface area (Å²) in [5.41, 5.74) is -1.98. The largest absolute Gasteiger partial charge is 0.478 e. The van der Waals surface area contributed by atoms with Crippen LogP contribution in [0, 0.1) is 11.6 Å². The van der Waals surface area contributed by atoms with Crippen LogP contribution in [0.4, 0.5) is 8.78 Å². The normalized spacial score (nSPS) is 9.70. The van der Waals surface area contributed by atoms with E-state index < -0.39 is 34.5 Å². The van der Waals surface area contributed by atoms with Gasteiger partial charge in [0.1, 0.15) is 22.9 Å². The summed E-state index contributed by atoms with van der Waals surface area (Å²) in [7, 11) is 0. The maximum Gasteiger partial charge on any atom is 0.339 e. The number of halogens is 3. The molecule has 0 spiro atoms. The van der Waals surface area contributed by atoms with Crippen LogP contribution in [-0.4, -0.2) is 21.8 Å². The van der Waals surface area contributed by atoms with Crippen molar-refractivity contribution in [2.75, 3.05) is 0 Å². The van der Waals surface area contributed by atoms with E-state index in [1.807, 2.05) is 0 Å². The molecule has 7 heteroatoms. The number of ketones is 1. The highest BCUT2D eigenvalue weighted by Crippen LogP contribution is 2.20. The van der Waals surface area contributed by atoms with Crippen molar-refractivity contribution in [2.24, 2.45) is 0 Å². The smallest absolute Gasteiger partial charge is 0.339 e. The first kappa shape index (κ1) is 15.7. The van der Waals surface area contributed by atoms with E-state index in [9.17, 15) is 18.4 Å². The lowest BCUT2D eigenvalue weighted by Crippen LogP contribution is -2.15. The number of nitrogens with zero attached hydrogens (tertiary/aromatic N) is 1. The number of hydrogen-bond acceptors (Lipinski definition) is 3. The number of aromatic nitrogens is 1. The monoisotopic (exact) mass is 299 g/mol. The molecule has 0 atom stereocenters. The minimum absolute atomic E-state index is 0. The van der Waals surface area contributed by atoms with E-state index >= 15 is 0 Å². The SMILES string of the molecule is Cl.O=C(O)c1c(F)ccc(F)c1C(=O)c1ccccn1. The van der Waals surface area contributed by atoms with Crippen molar-refractivity contribution in [3.8, 4) is 0 Å². The van der Waals surface area contributed by atoms with Crippen molar-refractivity contribution >= 4 is 24.2 Å². The molecule has 0 unspecified atom stereocenters. The number of hydrogen-bond donors (Lipinski definition) is 1. The molecular formula is C13H8ClF2NO3. The molecule has 4 nitrogen and oxygen atoms in total. The van der Waals surface area contributed by atoms with Crippen molar-refractivity contribution in [1.29, 1.82) is 0 Å². The molecule has 0 saturated heterocycles. The molecule has 2 rings (SSSR count). The summed E-state index contributed by atoms with van der Waals surface area (Å²) in [4.78, 5) is 26.7. The number of aromatic carboxylic acids is 1. The van der Waals surface area contributed by atoms with E-state index in [1.165, 1.54) is 24.4 Å². The fourth-order valence-corrected chi connectivity index (χ4v) is 1.61. The van der Waals surface area contributed by atoms with Gasteiger partial charge in [-0.05, 0) is 24.3 Å². The molecule has 0 bridgehead atoms. The van der Waals surface area contributed by atoms with Crippen LogP contribution in [0.3, 0.4) is 0 Å². The van der Waals surface area contributed by atoms with E-state index in [1.54, 1.807) is 0 Å². The van der Waals surface area contributed by atoms with Crippen LogP contribution in [0.2, 0.25) is 0 Å². The lowest BCUT2D eigenvalue weighted by Gasteiger charge is -2.07. The third-order valence-corrected chi connectivity index (χ3v) is 2.44. The first-order valence-corrected chi connectivity index (χ1v) is 5.19. The first-order chi connectivity index (χ1) is 9.02. The highest BCUT2D eigenvalue weighted by molar-refractivity contribution is 6.13. The van der Waals surface area contributed by atoms with Gasteiger partial charge in [0.05, 0.1) is 5.56 Å². The Balaban J connectivity index is 0.00000200. The second-order valence-corrected chi connectivity index (χ2v) is 3.63. The van der Waals surface area contributed by atoms with Gasteiger partial charge >= 0.3 is 5.97 Å². The van der Waals surface area contributed by atoms with E-state index in [4.69, 9.17) is 5.11 Å². The molecule has 2 aromatic rings. The number of carboxylic acids is 1. The zero-order valence-electron chi connectivity index (χ0n) is 9.84. The summed E-state index contributed by atoms with van der Waals surface area (Å²) in [6.45, 7) is 0.